The Hall–Kier alpha value is -3.40. The molecule has 0 bridgehead atoms. The van der Waals surface area contributed by atoms with E-state index in [4.69, 9.17) is 4.98 Å². The maximum atomic E-state index is 13.4. The van der Waals surface area contributed by atoms with Gasteiger partial charge in [0.2, 0.25) is 0 Å². The number of aryl methyl sites for hydroxylation is 2. The molecule has 0 spiro atoms. The number of amides is 1. The second-order valence-electron chi connectivity index (χ2n) is 8.19. The van der Waals surface area contributed by atoms with Gasteiger partial charge in [0.05, 0.1) is 11.0 Å². The lowest BCUT2D eigenvalue weighted by Gasteiger charge is -2.23. The Balaban J connectivity index is 1.48. The molecular weight excluding hydrogens is 370 g/mol. The summed E-state index contributed by atoms with van der Waals surface area (Å²) in [6.45, 7) is 4.75. The van der Waals surface area contributed by atoms with Crippen LogP contribution in [0.15, 0.2) is 72.8 Å². The summed E-state index contributed by atoms with van der Waals surface area (Å²) >= 11 is 0. The smallest absolute Gasteiger partial charge is 0.254 e. The molecule has 1 aliphatic rings. The van der Waals surface area contributed by atoms with E-state index in [1.54, 1.807) is 0 Å². The lowest BCUT2D eigenvalue weighted by atomic mass is 10.1. The molecule has 5 rings (SSSR count). The standard InChI is InChI=1S/C26H25N3O/c1-18-7-6-8-20(15-18)17-28(22-12-13-22)26(30)21-11-14-25-24(16-21)27-19(2)29(25)23-9-4-3-5-10-23/h3-11,14-16,22H,12-13,17H2,1-2H3. The highest BCUT2D eigenvalue weighted by molar-refractivity contribution is 5.98. The van der Waals surface area contributed by atoms with E-state index in [1.165, 1.54) is 11.1 Å². The van der Waals surface area contributed by atoms with E-state index < -0.39 is 0 Å². The minimum Gasteiger partial charge on any atom is -0.331 e. The molecule has 150 valence electrons. The molecule has 1 saturated carbocycles. The predicted octanol–water partition coefficient (Wildman–Crippen LogP) is 5.45. The molecule has 4 aromatic rings. The van der Waals surface area contributed by atoms with Crippen molar-refractivity contribution in [1.29, 1.82) is 0 Å². The van der Waals surface area contributed by atoms with Gasteiger partial charge in [0, 0.05) is 23.8 Å². The van der Waals surface area contributed by atoms with Gasteiger partial charge in [0.1, 0.15) is 5.82 Å². The second-order valence-corrected chi connectivity index (χ2v) is 8.19. The first kappa shape index (κ1) is 18.6. The average Bonchev–Trinajstić information content (AvgIpc) is 3.53. The van der Waals surface area contributed by atoms with Crippen molar-refractivity contribution in [3.05, 3.63) is 95.3 Å². The van der Waals surface area contributed by atoms with E-state index in [0.717, 1.165) is 35.4 Å². The van der Waals surface area contributed by atoms with Crippen molar-refractivity contribution in [3.63, 3.8) is 0 Å². The number of rotatable bonds is 5. The summed E-state index contributed by atoms with van der Waals surface area (Å²) < 4.78 is 2.13. The molecule has 0 saturated heterocycles. The molecule has 1 heterocycles. The highest BCUT2D eigenvalue weighted by atomic mass is 16.2. The van der Waals surface area contributed by atoms with E-state index in [0.29, 0.717) is 18.2 Å². The fraction of sp³-hybridized carbons (Fsp3) is 0.231. The van der Waals surface area contributed by atoms with Crippen LogP contribution in [0.4, 0.5) is 0 Å². The Morgan fingerprint density at radius 2 is 1.80 bits per heavy atom. The van der Waals surface area contributed by atoms with Crippen LogP contribution in [0.5, 0.6) is 0 Å². The first-order chi connectivity index (χ1) is 14.6. The number of hydrogen-bond acceptors (Lipinski definition) is 2. The quantitative estimate of drug-likeness (QED) is 0.451. The summed E-state index contributed by atoms with van der Waals surface area (Å²) in [6.07, 6.45) is 2.17. The third-order valence-electron chi connectivity index (χ3n) is 5.77. The third kappa shape index (κ3) is 3.50. The molecular formula is C26H25N3O. The topological polar surface area (TPSA) is 38.1 Å². The van der Waals surface area contributed by atoms with Gasteiger partial charge in [0.15, 0.2) is 0 Å². The summed E-state index contributed by atoms with van der Waals surface area (Å²) in [5.74, 6) is 1.01. The first-order valence-corrected chi connectivity index (χ1v) is 10.5. The molecule has 0 aliphatic heterocycles. The van der Waals surface area contributed by atoms with Gasteiger partial charge < -0.3 is 4.90 Å². The first-order valence-electron chi connectivity index (χ1n) is 10.5. The van der Waals surface area contributed by atoms with E-state index >= 15 is 0 Å². The monoisotopic (exact) mass is 395 g/mol. The summed E-state index contributed by atoms with van der Waals surface area (Å²) in [5, 5.41) is 0. The Morgan fingerprint density at radius 1 is 1.00 bits per heavy atom. The molecule has 4 heteroatoms. The molecule has 0 radical (unpaired) electrons. The minimum absolute atomic E-state index is 0.0906. The lowest BCUT2D eigenvalue weighted by Crippen LogP contribution is -2.32. The fourth-order valence-corrected chi connectivity index (χ4v) is 4.16. The van der Waals surface area contributed by atoms with E-state index in [1.807, 2.05) is 48.2 Å². The van der Waals surface area contributed by atoms with Crippen LogP contribution in [0.3, 0.4) is 0 Å². The van der Waals surface area contributed by atoms with E-state index in [9.17, 15) is 4.79 Å². The molecule has 1 aliphatic carbocycles. The maximum Gasteiger partial charge on any atom is 0.254 e. The van der Waals surface area contributed by atoms with Crippen LogP contribution in [-0.4, -0.2) is 26.4 Å². The SMILES string of the molecule is Cc1cccc(CN(C(=O)c2ccc3c(c2)nc(C)n3-c2ccccc2)C2CC2)c1. The summed E-state index contributed by atoms with van der Waals surface area (Å²) in [6, 6.07) is 24.9. The zero-order valence-electron chi connectivity index (χ0n) is 17.4. The number of fused-ring (bicyclic) bond motifs is 1. The molecule has 30 heavy (non-hydrogen) atoms. The van der Waals surface area contributed by atoms with Gasteiger partial charge in [-0.25, -0.2) is 4.98 Å². The number of benzene rings is 3. The number of carbonyl (C=O) groups is 1. The van der Waals surface area contributed by atoms with Crippen LogP contribution in [0, 0.1) is 13.8 Å². The number of carbonyl (C=O) groups excluding carboxylic acids is 1. The number of aromatic nitrogens is 2. The number of hydrogen-bond donors (Lipinski definition) is 0. The maximum absolute atomic E-state index is 13.4. The lowest BCUT2D eigenvalue weighted by molar-refractivity contribution is 0.0730. The van der Waals surface area contributed by atoms with Crippen LogP contribution in [0.25, 0.3) is 16.7 Å². The molecule has 3 aromatic carbocycles. The fourth-order valence-electron chi connectivity index (χ4n) is 4.16. The highest BCUT2D eigenvalue weighted by Gasteiger charge is 2.33. The van der Waals surface area contributed by atoms with Crippen molar-refractivity contribution in [3.8, 4) is 5.69 Å². The molecule has 0 atom stereocenters. The van der Waals surface area contributed by atoms with Gasteiger partial charge in [0.25, 0.3) is 5.91 Å². The van der Waals surface area contributed by atoms with Gasteiger partial charge in [-0.05, 0) is 62.6 Å². The van der Waals surface area contributed by atoms with Gasteiger partial charge in [-0.2, -0.15) is 0 Å². The predicted molar refractivity (Wildman–Crippen MR) is 120 cm³/mol. The van der Waals surface area contributed by atoms with E-state index in [2.05, 4.69) is 47.9 Å². The van der Waals surface area contributed by atoms with Crippen LogP contribution in [-0.2, 0) is 6.54 Å². The summed E-state index contributed by atoms with van der Waals surface area (Å²) in [5.41, 5.74) is 6.07. The summed E-state index contributed by atoms with van der Waals surface area (Å²) in [4.78, 5) is 20.2. The normalized spacial score (nSPS) is 13.5. The Kier molecular flexibility index (Phi) is 4.62. The van der Waals surface area contributed by atoms with Gasteiger partial charge >= 0.3 is 0 Å². The van der Waals surface area contributed by atoms with Gasteiger partial charge in [-0.1, -0.05) is 48.0 Å². The van der Waals surface area contributed by atoms with Crippen LogP contribution in [0.2, 0.25) is 0 Å². The minimum atomic E-state index is 0.0906. The zero-order valence-corrected chi connectivity index (χ0v) is 17.4. The molecule has 0 N–H and O–H groups in total. The van der Waals surface area contributed by atoms with Crippen molar-refractivity contribution in [1.82, 2.24) is 14.5 Å². The molecule has 4 nitrogen and oxygen atoms in total. The highest BCUT2D eigenvalue weighted by Crippen LogP contribution is 2.31. The van der Waals surface area contributed by atoms with Crippen molar-refractivity contribution in [2.75, 3.05) is 0 Å². The third-order valence-corrected chi connectivity index (χ3v) is 5.77. The Labute approximate surface area is 176 Å². The van der Waals surface area contributed by atoms with E-state index in [-0.39, 0.29) is 5.91 Å². The Bertz CT molecular complexity index is 1220. The number of nitrogens with zero attached hydrogens (tertiary/aromatic N) is 3. The largest absolute Gasteiger partial charge is 0.331 e. The summed E-state index contributed by atoms with van der Waals surface area (Å²) in [7, 11) is 0. The van der Waals surface area contributed by atoms with Crippen LogP contribution < -0.4 is 0 Å². The zero-order chi connectivity index (χ0) is 20.7. The Morgan fingerprint density at radius 3 is 2.53 bits per heavy atom. The van der Waals surface area contributed by atoms with Crippen molar-refractivity contribution < 1.29 is 4.79 Å². The van der Waals surface area contributed by atoms with Crippen molar-refractivity contribution in [2.45, 2.75) is 39.3 Å². The average molecular weight is 396 g/mol. The molecule has 0 unspecified atom stereocenters. The molecule has 1 amide bonds. The molecule has 1 fully saturated rings. The van der Waals surface area contributed by atoms with Gasteiger partial charge in [-0.3, -0.25) is 9.36 Å². The van der Waals surface area contributed by atoms with Crippen molar-refractivity contribution >= 4 is 16.9 Å². The second kappa shape index (κ2) is 7.45. The van der Waals surface area contributed by atoms with Crippen molar-refractivity contribution in [2.24, 2.45) is 0 Å². The van der Waals surface area contributed by atoms with Gasteiger partial charge in [-0.15, -0.1) is 0 Å². The number of imidazole rings is 1. The van der Waals surface area contributed by atoms with Crippen LogP contribution >= 0.6 is 0 Å². The van der Waals surface area contributed by atoms with Crippen LogP contribution in [0.1, 0.15) is 40.2 Å². The number of para-hydroxylation sites is 1. The molecule has 1 aromatic heterocycles.